The number of anilines is 2. The molecule has 0 saturated carbocycles. The summed E-state index contributed by atoms with van der Waals surface area (Å²) in [5.74, 6) is -1.14. The lowest BCUT2D eigenvalue weighted by Crippen LogP contribution is -2.42. The van der Waals surface area contributed by atoms with Gasteiger partial charge in [0.1, 0.15) is 5.82 Å². The summed E-state index contributed by atoms with van der Waals surface area (Å²) >= 11 is 0. The molecule has 148 valence electrons. The predicted octanol–water partition coefficient (Wildman–Crippen LogP) is 3.86. The highest BCUT2D eigenvalue weighted by Gasteiger charge is 2.37. The molecule has 1 aromatic heterocycles. The monoisotopic (exact) mass is 394 g/mol. The van der Waals surface area contributed by atoms with E-state index in [0.29, 0.717) is 19.4 Å². The van der Waals surface area contributed by atoms with Crippen molar-refractivity contribution in [2.45, 2.75) is 19.0 Å². The van der Waals surface area contributed by atoms with Gasteiger partial charge in [-0.25, -0.2) is 4.98 Å². The first-order valence-electron chi connectivity index (χ1n) is 8.58. The maximum Gasteiger partial charge on any atom is 0.419 e. The van der Waals surface area contributed by atoms with Gasteiger partial charge in [-0.15, -0.1) is 0 Å². The summed E-state index contributed by atoms with van der Waals surface area (Å²) in [6.45, 7) is 0.446. The van der Waals surface area contributed by atoms with Crippen LogP contribution >= 0.6 is 0 Å². The largest absolute Gasteiger partial charge is 0.419 e. The fourth-order valence-corrected chi connectivity index (χ4v) is 3.20. The number of halogens is 3. The van der Waals surface area contributed by atoms with Crippen LogP contribution in [0, 0.1) is 16.0 Å². The topological polar surface area (TPSA) is 88.4 Å². The number of piperidine rings is 1. The van der Waals surface area contributed by atoms with Crippen molar-refractivity contribution in [3.8, 4) is 0 Å². The first kappa shape index (κ1) is 19.6. The Labute approximate surface area is 158 Å². The molecule has 1 N–H and O–H groups in total. The summed E-state index contributed by atoms with van der Waals surface area (Å²) in [4.78, 5) is 28.2. The molecule has 1 aromatic carbocycles. The molecular weight excluding hydrogens is 377 g/mol. The van der Waals surface area contributed by atoms with Crippen molar-refractivity contribution in [1.82, 2.24) is 4.98 Å². The van der Waals surface area contributed by atoms with E-state index in [1.54, 1.807) is 0 Å². The maximum absolute atomic E-state index is 13.2. The molecule has 2 aromatic rings. The number of carbonyl (C=O) groups is 1. The highest BCUT2D eigenvalue weighted by Crippen LogP contribution is 2.36. The van der Waals surface area contributed by atoms with Crippen molar-refractivity contribution in [3.05, 3.63) is 58.3 Å². The van der Waals surface area contributed by atoms with Crippen LogP contribution in [0.3, 0.4) is 0 Å². The summed E-state index contributed by atoms with van der Waals surface area (Å²) < 4.78 is 39.7. The van der Waals surface area contributed by atoms with Gasteiger partial charge in [0.05, 0.1) is 16.4 Å². The molecule has 1 aliphatic rings. The minimum atomic E-state index is -4.54. The number of nitrogens with zero attached hydrogens (tertiary/aromatic N) is 3. The molecule has 1 fully saturated rings. The molecule has 28 heavy (non-hydrogen) atoms. The minimum Gasteiger partial charge on any atom is -0.355 e. The van der Waals surface area contributed by atoms with Gasteiger partial charge >= 0.3 is 6.18 Å². The molecule has 1 aliphatic heterocycles. The summed E-state index contributed by atoms with van der Waals surface area (Å²) in [7, 11) is 0. The van der Waals surface area contributed by atoms with E-state index in [-0.39, 0.29) is 23.7 Å². The number of non-ortho nitro benzene ring substituents is 1. The van der Waals surface area contributed by atoms with E-state index in [2.05, 4.69) is 10.3 Å². The number of hydrogen-bond donors (Lipinski definition) is 1. The fourth-order valence-electron chi connectivity index (χ4n) is 3.20. The standard InChI is InChI=1S/C18H17F3N4O3/c19-18(20,21)15-7-2-8-22-16(15)24-9-3-4-12(11-24)17(26)23-13-5-1-6-14(10-13)25(27)28/h1-2,5-8,10,12H,3-4,9,11H2,(H,23,26). The Balaban J connectivity index is 1.74. The summed E-state index contributed by atoms with van der Waals surface area (Å²) in [6.07, 6.45) is -2.22. The molecule has 1 atom stereocenters. The molecule has 7 nitrogen and oxygen atoms in total. The maximum atomic E-state index is 13.2. The molecule has 1 saturated heterocycles. The van der Waals surface area contributed by atoms with E-state index >= 15 is 0 Å². The molecule has 2 heterocycles. The number of benzene rings is 1. The van der Waals surface area contributed by atoms with Gasteiger partial charge in [0.2, 0.25) is 5.91 Å². The van der Waals surface area contributed by atoms with Gasteiger partial charge in [-0.1, -0.05) is 6.07 Å². The Morgan fingerprint density at radius 1 is 1.29 bits per heavy atom. The zero-order chi connectivity index (χ0) is 20.3. The molecule has 0 aliphatic carbocycles. The predicted molar refractivity (Wildman–Crippen MR) is 95.9 cm³/mol. The first-order chi connectivity index (χ1) is 13.3. The Bertz CT molecular complexity index is 888. The van der Waals surface area contributed by atoms with Crippen LogP contribution in [0.2, 0.25) is 0 Å². The van der Waals surface area contributed by atoms with Gasteiger partial charge in [-0.05, 0) is 31.0 Å². The van der Waals surface area contributed by atoms with Gasteiger partial charge in [0.25, 0.3) is 5.69 Å². The number of aromatic nitrogens is 1. The lowest BCUT2D eigenvalue weighted by molar-refractivity contribution is -0.384. The van der Waals surface area contributed by atoms with Gasteiger partial charge in [0, 0.05) is 37.1 Å². The van der Waals surface area contributed by atoms with E-state index in [9.17, 15) is 28.1 Å². The zero-order valence-electron chi connectivity index (χ0n) is 14.6. The van der Waals surface area contributed by atoms with Gasteiger partial charge in [0.15, 0.2) is 0 Å². The van der Waals surface area contributed by atoms with Gasteiger partial charge < -0.3 is 10.2 Å². The van der Waals surface area contributed by atoms with E-state index in [1.165, 1.54) is 41.4 Å². The highest BCUT2D eigenvalue weighted by atomic mass is 19.4. The minimum absolute atomic E-state index is 0.0842. The smallest absolute Gasteiger partial charge is 0.355 e. The molecule has 1 unspecified atom stereocenters. The molecule has 1 amide bonds. The molecule has 3 rings (SSSR count). The second-order valence-corrected chi connectivity index (χ2v) is 6.45. The average molecular weight is 394 g/mol. The van der Waals surface area contributed by atoms with Crippen molar-refractivity contribution < 1.29 is 22.9 Å². The quantitative estimate of drug-likeness (QED) is 0.628. The zero-order valence-corrected chi connectivity index (χ0v) is 14.6. The molecule has 0 radical (unpaired) electrons. The van der Waals surface area contributed by atoms with Crippen molar-refractivity contribution in [3.63, 3.8) is 0 Å². The van der Waals surface area contributed by atoms with Crippen LogP contribution in [-0.4, -0.2) is 28.9 Å². The van der Waals surface area contributed by atoms with Crippen molar-refractivity contribution in [2.75, 3.05) is 23.3 Å². The van der Waals surface area contributed by atoms with Crippen LogP contribution in [0.15, 0.2) is 42.6 Å². The van der Waals surface area contributed by atoms with E-state index in [4.69, 9.17) is 0 Å². The Kier molecular flexibility index (Phi) is 5.48. The highest BCUT2D eigenvalue weighted by molar-refractivity contribution is 5.93. The third-order valence-corrected chi connectivity index (χ3v) is 4.51. The van der Waals surface area contributed by atoms with E-state index in [1.807, 2.05) is 0 Å². The SMILES string of the molecule is O=C(Nc1cccc([N+](=O)[O-])c1)C1CCCN(c2ncccc2C(F)(F)F)C1. The number of pyridine rings is 1. The second-order valence-electron chi connectivity index (χ2n) is 6.45. The lowest BCUT2D eigenvalue weighted by Gasteiger charge is -2.34. The van der Waals surface area contributed by atoms with Gasteiger partial charge in [-0.2, -0.15) is 13.2 Å². The van der Waals surface area contributed by atoms with Crippen LogP contribution in [0.5, 0.6) is 0 Å². The average Bonchev–Trinajstić information content (AvgIpc) is 2.67. The Morgan fingerprint density at radius 2 is 2.07 bits per heavy atom. The fraction of sp³-hybridized carbons (Fsp3) is 0.333. The summed E-state index contributed by atoms with van der Waals surface area (Å²) in [5.41, 5.74) is -0.730. The van der Waals surface area contributed by atoms with Crippen LogP contribution in [0.4, 0.5) is 30.4 Å². The van der Waals surface area contributed by atoms with Crippen molar-refractivity contribution in [1.29, 1.82) is 0 Å². The number of amides is 1. The Morgan fingerprint density at radius 3 is 2.79 bits per heavy atom. The van der Waals surface area contributed by atoms with E-state index < -0.39 is 28.5 Å². The van der Waals surface area contributed by atoms with Crippen molar-refractivity contribution in [2.24, 2.45) is 5.92 Å². The van der Waals surface area contributed by atoms with E-state index in [0.717, 1.165) is 6.07 Å². The molecular formula is C18H17F3N4O3. The normalized spacial score (nSPS) is 17.2. The molecule has 0 spiro atoms. The molecule has 10 heteroatoms. The lowest BCUT2D eigenvalue weighted by atomic mass is 9.96. The summed E-state index contributed by atoms with van der Waals surface area (Å²) in [6, 6.07) is 7.70. The Hall–Kier alpha value is -3.17. The van der Waals surface area contributed by atoms with Crippen molar-refractivity contribution >= 4 is 23.1 Å². The van der Waals surface area contributed by atoms with Crippen LogP contribution < -0.4 is 10.2 Å². The second kappa shape index (κ2) is 7.83. The third-order valence-electron chi connectivity index (χ3n) is 4.51. The van der Waals surface area contributed by atoms with Crippen LogP contribution in [0.25, 0.3) is 0 Å². The number of carbonyl (C=O) groups excluding carboxylic acids is 1. The first-order valence-corrected chi connectivity index (χ1v) is 8.58. The van der Waals surface area contributed by atoms with Crippen LogP contribution in [0.1, 0.15) is 18.4 Å². The van der Waals surface area contributed by atoms with Gasteiger partial charge in [-0.3, -0.25) is 14.9 Å². The number of nitrogens with one attached hydrogen (secondary N) is 1. The number of nitro groups is 1. The number of rotatable bonds is 4. The number of alkyl halides is 3. The number of nitro benzene ring substituents is 1. The molecule has 0 bridgehead atoms. The third kappa shape index (κ3) is 4.38. The number of hydrogen-bond acceptors (Lipinski definition) is 5. The summed E-state index contributed by atoms with van der Waals surface area (Å²) in [5, 5.41) is 13.5. The van der Waals surface area contributed by atoms with Crippen LogP contribution in [-0.2, 0) is 11.0 Å².